The molecule has 34 heavy (non-hydrogen) atoms. The SMILES string of the molecule is CCOC(=O)C1=C(CN2CCN(c3ccc(F)cc3)CC2)NC(=O)N[C@H]1c1ccc(CC)cc1. The molecule has 2 aliphatic heterocycles. The molecule has 2 aromatic carbocycles. The molecule has 1 saturated heterocycles. The fourth-order valence-corrected chi connectivity index (χ4v) is 4.43. The van der Waals surface area contributed by atoms with Gasteiger partial charge in [0.2, 0.25) is 0 Å². The molecule has 8 heteroatoms. The molecule has 0 bridgehead atoms. The summed E-state index contributed by atoms with van der Waals surface area (Å²) >= 11 is 0. The number of piperazine rings is 1. The van der Waals surface area contributed by atoms with Crippen molar-refractivity contribution in [3.05, 3.63) is 76.7 Å². The number of carbonyl (C=O) groups excluding carboxylic acids is 2. The number of aryl methyl sites for hydroxylation is 1. The fraction of sp³-hybridized carbons (Fsp3) is 0.385. The Labute approximate surface area is 199 Å². The second kappa shape index (κ2) is 10.7. The van der Waals surface area contributed by atoms with Crippen molar-refractivity contribution >= 4 is 17.7 Å². The Morgan fingerprint density at radius 1 is 1.03 bits per heavy atom. The molecule has 2 aliphatic rings. The van der Waals surface area contributed by atoms with Crippen molar-refractivity contribution in [1.82, 2.24) is 15.5 Å². The van der Waals surface area contributed by atoms with Crippen LogP contribution in [0.15, 0.2) is 59.8 Å². The molecule has 2 amide bonds. The van der Waals surface area contributed by atoms with Gasteiger partial charge >= 0.3 is 12.0 Å². The van der Waals surface area contributed by atoms with Crippen LogP contribution in [0.3, 0.4) is 0 Å². The predicted octanol–water partition coefficient (Wildman–Crippen LogP) is 3.38. The van der Waals surface area contributed by atoms with Gasteiger partial charge in [0.15, 0.2) is 0 Å². The summed E-state index contributed by atoms with van der Waals surface area (Å²) in [6.45, 7) is 7.56. The van der Waals surface area contributed by atoms with Crippen LogP contribution >= 0.6 is 0 Å². The Morgan fingerprint density at radius 2 is 1.71 bits per heavy atom. The zero-order valence-corrected chi connectivity index (χ0v) is 19.6. The van der Waals surface area contributed by atoms with Gasteiger partial charge in [0.25, 0.3) is 0 Å². The van der Waals surface area contributed by atoms with Crippen LogP contribution < -0.4 is 15.5 Å². The van der Waals surface area contributed by atoms with E-state index in [4.69, 9.17) is 4.74 Å². The number of ether oxygens (including phenoxy) is 1. The number of hydrogen-bond donors (Lipinski definition) is 2. The first-order valence-corrected chi connectivity index (χ1v) is 11.8. The van der Waals surface area contributed by atoms with Crippen molar-refractivity contribution in [1.29, 1.82) is 0 Å². The zero-order chi connectivity index (χ0) is 24.1. The summed E-state index contributed by atoms with van der Waals surface area (Å²) < 4.78 is 18.6. The lowest BCUT2D eigenvalue weighted by molar-refractivity contribution is -0.139. The molecule has 2 heterocycles. The number of amides is 2. The number of esters is 1. The predicted molar refractivity (Wildman–Crippen MR) is 129 cm³/mol. The van der Waals surface area contributed by atoms with Crippen LogP contribution in [0.2, 0.25) is 0 Å². The standard InChI is InChI=1S/C26H31FN4O3/c1-3-18-5-7-19(8-6-18)24-23(25(32)34-4-2)22(28-26(33)29-24)17-30-13-15-31(16-14-30)21-11-9-20(27)10-12-21/h5-12,24H,3-4,13-17H2,1-2H3,(H2,28,29,33)/t24-/m0/s1. The van der Waals surface area contributed by atoms with E-state index in [1.807, 2.05) is 24.3 Å². The number of benzene rings is 2. The topological polar surface area (TPSA) is 73.9 Å². The van der Waals surface area contributed by atoms with E-state index in [0.29, 0.717) is 17.8 Å². The number of anilines is 1. The summed E-state index contributed by atoms with van der Waals surface area (Å²) in [7, 11) is 0. The van der Waals surface area contributed by atoms with Crippen LogP contribution in [0.1, 0.15) is 31.0 Å². The average molecular weight is 467 g/mol. The molecule has 4 rings (SSSR count). The second-order valence-electron chi connectivity index (χ2n) is 8.48. The average Bonchev–Trinajstić information content (AvgIpc) is 2.85. The quantitative estimate of drug-likeness (QED) is 0.612. The maximum atomic E-state index is 13.2. The van der Waals surface area contributed by atoms with Crippen LogP contribution in [0.25, 0.3) is 0 Å². The van der Waals surface area contributed by atoms with Gasteiger partial charge in [-0.05, 0) is 48.7 Å². The van der Waals surface area contributed by atoms with E-state index < -0.39 is 12.0 Å². The van der Waals surface area contributed by atoms with Crippen molar-refractivity contribution in [2.24, 2.45) is 0 Å². The molecule has 2 N–H and O–H groups in total. The molecule has 7 nitrogen and oxygen atoms in total. The van der Waals surface area contributed by atoms with Crippen molar-refractivity contribution < 1.29 is 18.7 Å². The van der Waals surface area contributed by atoms with Crippen molar-refractivity contribution in [2.75, 3.05) is 44.2 Å². The van der Waals surface area contributed by atoms with E-state index in [0.717, 1.165) is 43.9 Å². The largest absolute Gasteiger partial charge is 0.463 e. The van der Waals surface area contributed by atoms with E-state index in [1.165, 1.54) is 17.7 Å². The van der Waals surface area contributed by atoms with Gasteiger partial charge in [-0.15, -0.1) is 0 Å². The molecule has 2 aromatic rings. The van der Waals surface area contributed by atoms with Crippen molar-refractivity contribution in [3.63, 3.8) is 0 Å². The minimum atomic E-state index is -0.575. The van der Waals surface area contributed by atoms with Gasteiger partial charge in [-0.25, -0.2) is 14.0 Å². The molecule has 0 radical (unpaired) electrons. The Hall–Kier alpha value is -3.39. The number of urea groups is 1. The maximum Gasteiger partial charge on any atom is 0.338 e. The van der Waals surface area contributed by atoms with Crippen LogP contribution in [-0.2, 0) is 16.0 Å². The lowest BCUT2D eigenvalue weighted by atomic mass is 9.94. The highest BCUT2D eigenvalue weighted by Crippen LogP contribution is 2.29. The molecule has 0 spiro atoms. The van der Waals surface area contributed by atoms with Crippen molar-refractivity contribution in [2.45, 2.75) is 26.3 Å². The molecule has 1 atom stereocenters. The summed E-state index contributed by atoms with van der Waals surface area (Å²) in [4.78, 5) is 30.0. The number of hydrogen-bond acceptors (Lipinski definition) is 5. The molecular formula is C26H31FN4O3. The third-order valence-electron chi connectivity index (χ3n) is 6.32. The minimum absolute atomic E-state index is 0.249. The van der Waals surface area contributed by atoms with Gasteiger partial charge in [0.1, 0.15) is 5.82 Å². The van der Waals surface area contributed by atoms with Gasteiger partial charge < -0.3 is 20.3 Å². The normalized spacial score (nSPS) is 19.0. The summed E-state index contributed by atoms with van der Waals surface area (Å²) in [5.74, 6) is -0.680. The molecule has 180 valence electrons. The zero-order valence-electron chi connectivity index (χ0n) is 19.6. The van der Waals surface area contributed by atoms with Gasteiger partial charge in [-0.2, -0.15) is 0 Å². The van der Waals surface area contributed by atoms with Gasteiger partial charge in [0.05, 0.1) is 18.2 Å². The first-order chi connectivity index (χ1) is 16.5. The molecule has 0 aromatic heterocycles. The number of nitrogens with zero attached hydrogens (tertiary/aromatic N) is 2. The molecule has 0 unspecified atom stereocenters. The van der Waals surface area contributed by atoms with E-state index in [2.05, 4.69) is 27.4 Å². The Balaban J connectivity index is 1.54. The molecule has 0 saturated carbocycles. The van der Waals surface area contributed by atoms with Crippen LogP contribution in [0.4, 0.5) is 14.9 Å². The molecule has 1 fully saturated rings. The van der Waals surface area contributed by atoms with Crippen molar-refractivity contribution in [3.8, 4) is 0 Å². The Bertz CT molecular complexity index is 1040. The van der Waals surface area contributed by atoms with Gasteiger partial charge in [-0.1, -0.05) is 31.2 Å². The highest BCUT2D eigenvalue weighted by molar-refractivity contribution is 5.95. The number of rotatable bonds is 7. The first kappa shape index (κ1) is 23.8. The summed E-state index contributed by atoms with van der Waals surface area (Å²) in [6, 6.07) is 13.5. The Morgan fingerprint density at radius 3 is 2.32 bits per heavy atom. The molecule has 0 aliphatic carbocycles. The van der Waals surface area contributed by atoms with Crippen LogP contribution in [0.5, 0.6) is 0 Å². The molecular weight excluding hydrogens is 435 g/mol. The monoisotopic (exact) mass is 466 g/mol. The second-order valence-corrected chi connectivity index (χ2v) is 8.48. The van der Waals surface area contributed by atoms with Gasteiger partial charge in [-0.3, -0.25) is 4.90 Å². The van der Waals surface area contributed by atoms with Crippen LogP contribution in [-0.4, -0.2) is 56.2 Å². The first-order valence-electron chi connectivity index (χ1n) is 11.8. The van der Waals surface area contributed by atoms with Crippen LogP contribution in [0, 0.1) is 5.82 Å². The van der Waals surface area contributed by atoms with E-state index >= 15 is 0 Å². The summed E-state index contributed by atoms with van der Waals surface area (Å²) in [5, 5.41) is 5.75. The minimum Gasteiger partial charge on any atom is -0.463 e. The lowest BCUT2D eigenvalue weighted by Gasteiger charge is -2.38. The highest BCUT2D eigenvalue weighted by atomic mass is 19.1. The fourth-order valence-electron chi connectivity index (χ4n) is 4.43. The number of carbonyl (C=O) groups is 2. The van der Waals surface area contributed by atoms with E-state index in [9.17, 15) is 14.0 Å². The smallest absolute Gasteiger partial charge is 0.338 e. The number of halogens is 1. The summed E-state index contributed by atoms with van der Waals surface area (Å²) in [6.07, 6.45) is 0.911. The Kier molecular flexibility index (Phi) is 7.47. The maximum absolute atomic E-state index is 13.2. The van der Waals surface area contributed by atoms with E-state index in [1.54, 1.807) is 19.1 Å². The lowest BCUT2D eigenvalue weighted by Crippen LogP contribution is -2.51. The highest BCUT2D eigenvalue weighted by Gasteiger charge is 2.34. The summed E-state index contributed by atoms with van der Waals surface area (Å²) in [5.41, 5.74) is 4.02. The number of nitrogens with one attached hydrogen (secondary N) is 2. The third kappa shape index (κ3) is 5.39. The van der Waals surface area contributed by atoms with Gasteiger partial charge in [0, 0.05) is 44.1 Å². The third-order valence-corrected chi connectivity index (χ3v) is 6.32. The van der Waals surface area contributed by atoms with E-state index in [-0.39, 0.29) is 18.5 Å².